The van der Waals surface area contributed by atoms with Crippen molar-refractivity contribution < 1.29 is 18.1 Å². The van der Waals surface area contributed by atoms with Gasteiger partial charge in [0.05, 0.1) is 37.8 Å². The fourth-order valence-corrected chi connectivity index (χ4v) is 3.64. The second-order valence-electron chi connectivity index (χ2n) is 6.00. The molecule has 0 N–H and O–H groups in total. The Kier molecular flexibility index (Phi) is 4.15. The maximum absolute atomic E-state index is 13.7. The SMILES string of the molecule is Cc1nn(-c2ccc([N+](=O)[O-])cc2)c2nc(-c3cccs3)cc(C(F)(F)F)c12. The lowest BCUT2D eigenvalue weighted by molar-refractivity contribution is -0.384. The first-order chi connectivity index (χ1) is 13.3. The van der Waals surface area contributed by atoms with E-state index in [0.717, 1.165) is 6.07 Å². The number of nitro groups is 1. The van der Waals surface area contributed by atoms with E-state index in [1.54, 1.807) is 17.5 Å². The van der Waals surface area contributed by atoms with Crippen LogP contribution in [0.4, 0.5) is 18.9 Å². The predicted molar refractivity (Wildman–Crippen MR) is 98.6 cm³/mol. The van der Waals surface area contributed by atoms with Gasteiger partial charge in [-0.25, -0.2) is 9.67 Å². The second kappa shape index (κ2) is 6.41. The number of thiophene rings is 1. The van der Waals surface area contributed by atoms with Crippen molar-refractivity contribution in [1.82, 2.24) is 14.8 Å². The first kappa shape index (κ1) is 18.1. The summed E-state index contributed by atoms with van der Waals surface area (Å²) < 4.78 is 42.5. The summed E-state index contributed by atoms with van der Waals surface area (Å²) in [5, 5.41) is 16.7. The highest BCUT2D eigenvalue weighted by molar-refractivity contribution is 7.13. The van der Waals surface area contributed by atoms with Gasteiger partial charge < -0.3 is 0 Å². The number of halogens is 3. The molecule has 0 saturated heterocycles. The van der Waals surface area contributed by atoms with Crippen molar-refractivity contribution in [1.29, 1.82) is 0 Å². The molecule has 28 heavy (non-hydrogen) atoms. The number of aromatic nitrogens is 3. The van der Waals surface area contributed by atoms with Crippen molar-refractivity contribution in [2.75, 3.05) is 0 Å². The zero-order valence-corrected chi connectivity index (χ0v) is 15.1. The molecular formula is C18H11F3N4O2S. The molecule has 0 radical (unpaired) electrons. The van der Waals surface area contributed by atoms with Crippen LogP contribution in [-0.2, 0) is 6.18 Å². The van der Waals surface area contributed by atoms with Crippen LogP contribution in [0.15, 0.2) is 47.8 Å². The Morgan fingerprint density at radius 1 is 1.18 bits per heavy atom. The number of nitro benzene ring substituents is 1. The first-order valence-corrected chi connectivity index (χ1v) is 8.90. The average Bonchev–Trinajstić information content (AvgIpc) is 3.29. The van der Waals surface area contributed by atoms with Gasteiger partial charge >= 0.3 is 6.18 Å². The number of hydrogen-bond acceptors (Lipinski definition) is 5. The van der Waals surface area contributed by atoms with Crippen LogP contribution in [0.2, 0.25) is 0 Å². The van der Waals surface area contributed by atoms with Crippen LogP contribution >= 0.6 is 11.3 Å². The van der Waals surface area contributed by atoms with Crippen LogP contribution in [0.5, 0.6) is 0 Å². The number of aryl methyl sites for hydroxylation is 1. The Morgan fingerprint density at radius 3 is 2.46 bits per heavy atom. The summed E-state index contributed by atoms with van der Waals surface area (Å²) in [6.07, 6.45) is -4.58. The molecule has 0 spiro atoms. The van der Waals surface area contributed by atoms with Crippen LogP contribution in [0.25, 0.3) is 27.3 Å². The molecule has 0 saturated carbocycles. The summed E-state index contributed by atoms with van der Waals surface area (Å²) in [6.45, 7) is 1.48. The van der Waals surface area contributed by atoms with Crippen LogP contribution < -0.4 is 0 Å². The number of non-ortho nitro benzene ring substituents is 1. The molecule has 0 bridgehead atoms. The zero-order chi connectivity index (χ0) is 20.1. The van der Waals surface area contributed by atoms with Gasteiger partial charge in [-0.3, -0.25) is 10.1 Å². The van der Waals surface area contributed by atoms with E-state index in [1.807, 2.05) is 0 Å². The van der Waals surface area contributed by atoms with E-state index in [0.29, 0.717) is 10.6 Å². The van der Waals surface area contributed by atoms with E-state index in [1.165, 1.54) is 47.2 Å². The summed E-state index contributed by atoms with van der Waals surface area (Å²) >= 11 is 1.28. The Hall–Kier alpha value is -3.27. The summed E-state index contributed by atoms with van der Waals surface area (Å²) in [5.74, 6) is 0. The second-order valence-corrected chi connectivity index (χ2v) is 6.95. The van der Waals surface area contributed by atoms with E-state index in [4.69, 9.17) is 0 Å². The highest BCUT2D eigenvalue weighted by Crippen LogP contribution is 2.39. The van der Waals surface area contributed by atoms with Crippen LogP contribution in [0, 0.1) is 17.0 Å². The monoisotopic (exact) mass is 404 g/mol. The van der Waals surface area contributed by atoms with Crippen LogP contribution in [-0.4, -0.2) is 19.7 Å². The maximum atomic E-state index is 13.7. The van der Waals surface area contributed by atoms with Gasteiger partial charge in [0.25, 0.3) is 5.69 Å². The van der Waals surface area contributed by atoms with Gasteiger partial charge in [0.1, 0.15) is 0 Å². The predicted octanol–water partition coefficient (Wildman–Crippen LogP) is 5.38. The molecule has 0 amide bonds. The van der Waals surface area contributed by atoms with E-state index in [-0.39, 0.29) is 28.1 Å². The van der Waals surface area contributed by atoms with E-state index in [2.05, 4.69) is 10.1 Å². The first-order valence-electron chi connectivity index (χ1n) is 8.02. The number of benzene rings is 1. The van der Waals surface area contributed by atoms with Crippen molar-refractivity contribution in [2.45, 2.75) is 13.1 Å². The maximum Gasteiger partial charge on any atom is 0.417 e. The Morgan fingerprint density at radius 2 is 1.89 bits per heavy atom. The molecule has 4 aromatic rings. The Bertz CT molecular complexity index is 1180. The lowest BCUT2D eigenvalue weighted by Gasteiger charge is -2.11. The van der Waals surface area contributed by atoms with Gasteiger partial charge in [0, 0.05) is 12.1 Å². The standard InChI is InChI=1S/C18H11F3N4O2S/c1-10-16-13(18(19,20)21)9-14(15-3-2-8-28-15)22-17(16)24(23-10)11-4-6-12(7-5-11)25(26)27/h2-9H,1H3. The lowest BCUT2D eigenvalue weighted by atomic mass is 10.1. The minimum atomic E-state index is -4.58. The minimum Gasteiger partial charge on any atom is -0.258 e. The molecule has 1 aromatic carbocycles. The third-order valence-electron chi connectivity index (χ3n) is 4.20. The molecule has 0 aliphatic rings. The van der Waals surface area contributed by atoms with E-state index in [9.17, 15) is 23.3 Å². The highest BCUT2D eigenvalue weighted by Gasteiger charge is 2.36. The molecule has 0 aliphatic carbocycles. The summed E-state index contributed by atoms with van der Waals surface area (Å²) in [7, 11) is 0. The molecule has 0 unspecified atom stereocenters. The van der Waals surface area contributed by atoms with Crippen molar-refractivity contribution in [2.24, 2.45) is 0 Å². The summed E-state index contributed by atoms with van der Waals surface area (Å²) in [5.41, 5.74) is -0.146. The third kappa shape index (κ3) is 3.01. The molecule has 0 fully saturated rings. The van der Waals surface area contributed by atoms with Gasteiger partial charge in [-0.05, 0) is 36.6 Å². The van der Waals surface area contributed by atoms with Crippen molar-refractivity contribution in [3.05, 3.63) is 69.2 Å². The topological polar surface area (TPSA) is 73.8 Å². The Labute approximate surface area is 160 Å². The third-order valence-corrected chi connectivity index (χ3v) is 5.09. The van der Waals surface area contributed by atoms with Gasteiger partial charge in [-0.2, -0.15) is 18.3 Å². The van der Waals surface area contributed by atoms with Gasteiger partial charge in [-0.15, -0.1) is 11.3 Å². The average molecular weight is 404 g/mol. The van der Waals surface area contributed by atoms with Crippen molar-refractivity contribution in [3.8, 4) is 16.3 Å². The van der Waals surface area contributed by atoms with Gasteiger partial charge in [-0.1, -0.05) is 6.07 Å². The summed E-state index contributed by atoms with van der Waals surface area (Å²) in [4.78, 5) is 15.3. The number of alkyl halides is 3. The molecule has 0 atom stereocenters. The van der Waals surface area contributed by atoms with Gasteiger partial charge in [0.2, 0.25) is 0 Å². The molecule has 3 aromatic heterocycles. The number of rotatable bonds is 3. The number of hydrogen-bond donors (Lipinski definition) is 0. The van der Waals surface area contributed by atoms with E-state index < -0.39 is 16.7 Å². The van der Waals surface area contributed by atoms with Crippen LogP contribution in [0.3, 0.4) is 0 Å². The van der Waals surface area contributed by atoms with Crippen LogP contribution in [0.1, 0.15) is 11.3 Å². The molecule has 0 aliphatic heterocycles. The smallest absolute Gasteiger partial charge is 0.258 e. The molecule has 3 heterocycles. The fourth-order valence-electron chi connectivity index (χ4n) is 2.96. The lowest BCUT2D eigenvalue weighted by Crippen LogP contribution is -2.07. The Balaban J connectivity index is 2.00. The number of fused-ring (bicyclic) bond motifs is 1. The largest absolute Gasteiger partial charge is 0.417 e. The van der Waals surface area contributed by atoms with Crippen molar-refractivity contribution in [3.63, 3.8) is 0 Å². The molecule has 142 valence electrons. The zero-order valence-electron chi connectivity index (χ0n) is 14.3. The molecule has 10 heteroatoms. The van der Waals surface area contributed by atoms with E-state index >= 15 is 0 Å². The van der Waals surface area contributed by atoms with Gasteiger partial charge in [0.15, 0.2) is 5.65 Å². The molecular weight excluding hydrogens is 393 g/mol. The van der Waals surface area contributed by atoms with Crippen molar-refractivity contribution >= 4 is 28.1 Å². The summed E-state index contributed by atoms with van der Waals surface area (Å²) in [6, 6.07) is 9.85. The highest BCUT2D eigenvalue weighted by atomic mass is 32.1. The number of nitrogens with zero attached hydrogens (tertiary/aromatic N) is 4. The number of pyridine rings is 1. The molecule has 4 rings (SSSR count). The minimum absolute atomic E-state index is 0.0459. The normalized spacial score (nSPS) is 11.9. The molecule has 6 nitrogen and oxygen atoms in total. The quantitative estimate of drug-likeness (QED) is 0.339. The fraction of sp³-hybridized carbons (Fsp3) is 0.111.